The van der Waals surface area contributed by atoms with Crippen molar-refractivity contribution in [3.63, 3.8) is 0 Å². The Kier molecular flexibility index (Phi) is 4.60. The zero-order valence-electron chi connectivity index (χ0n) is 13.1. The molecule has 1 aliphatic heterocycles. The molecule has 5 nitrogen and oxygen atoms in total. The van der Waals surface area contributed by atoms with E-state index in [9.17, 15) is 4.79 Å². The number of benzene rings is 1. The van der Waals surface area contributed by atoms with Gasteiger partial charge in [-0.2, -0.15) is 0 Å². The van der Waals surface area contributed by atoms with E-state index in [0.29, 0.717) is 6.54 Å². The summed E-state index contributed by atoms with van der Waals surface area (Å²) >= 11 is 0. The highest BCUT2D eigenvalue weighted by molar-refractivity contribution is 5.69. The summed E-state index contributed by atoms with van der Waals surface area (Å²) in [6, 6.07) is 7.90. The van der Waals surface area contributed by atoms with Gasteiger partial charge in [0.2, 0.25) is 0 Å². The van der Waals surface area contributed by atoms with Gasteiger partial charge in [-0.3, -0.25) is 0 Å². The smallest absolute Gasteiger partial charge is 0.410 e. The van der Waals surface area contributed by atoms with Gasteiger partial charge in [-0.1, -0.05) is 12.1 Å². The molecule has 1 saturated heterocycles. The third kappa shape index (κ3) is 4.55. The molecule has 2 rings (SSSR count). The number of nitrogens with zero attached hydrogens (tertiary/aromatic N) is 1. The van der Waals surface area contributed by atoms with Crippen molar-refractivity contribution in [2.45, 2.75) is 45.3 Å². The van der Waals surface area contributed by atoms with Gasteiger partial charge in [0.25, 0.3) is 0 Å². The minimum Gasteiger partial charge on any atom is -0.444 e. The number of carbonyl (C=O) groups excluding carboxylic acids is 1. The molecule has 0 bridgehead atoms. The van der Waals surface area contributed by atoms with Crippen molar-refractivity contribution in [1.29, 1.82) is 0 Å². The lowest BCUT2D eigenvalue weighted by molar-refractivity contribution is 0.0206. The number of piperidine rings is 1. The van der Waals surface area contributed by atoms with E-state index in [0.717, 1.165) is 30.8 Å². The Morgan fingerprint density at radius 1 is 1.38 bits per heavy atom. The third-order valence-electron chi connectivity index (χ3n) is 3.39. The van der Waals surface area contributed by atoms with E-state index in [1.807, 2.05) is 45.0 Å². The normalized spacial score (nSPS) is 19.2. The molecule has 3 N–H and O–H groups in total. The van der Waals surface area contributed by atoms with Gasteiger partial charge in [0.15, 0.2) is 0 Å². The highest BCUT2D eigenvalue weighted by Gasteiger charge is 2.27. The number of anilines is 2. The fourth-order valence-electron chi connectivity index (χ4n) is 2.44. The van der Waals surface area contributed by atoms with E-state index in [-0.39, 0.29) is 12.1 Å². The maximum atomic E-state index is 12.1. The molecule has 0 aromatic heterocycles. The number of hydrogen-bond acceptors (Lipinski definition) is 4. The van der Waals surface area contributed by atoms with E-state index in [2.05, 4.69) is 5.32 Å². The summed E-state index contributed by atoms with van der Waals surface area (Å²) in [4.78, 5) is 13.9. The van der Waals surface area contributed by atoms with Gasteiger partial charge >= 0.3 is 6.09 Å². The van der Waals surface area contributed by atoms with Crippen LogP contribution in [0.15, 0.2) is 24.3 Å². The Morgan fingerprint density at radius 3 is 2.76 bits per heavy atom. The molecule has 1 amide bonds. The number of hydrogen-bond donors (Lipinski definition) is 2. The number of carbonyl (C=O) groups is 1. The zero-order chi connectivity index (χ0) is 15.5. The minimum atomic E-state index is -0.457. The maximum Gasteiger partial charge on any atom is 0.410 e. The summed E-state index contributed by atoms with van der Waals surface area (Å²) in [5.74, 6) is 0. The Morgan fingerprint density at radius 2 is 2.10 bits per heavy atom. The highest BCUT2D eigenvalue weighted by Crippen LogP contribution is 2.22. The molecule has 1 aromatic carbocycles. The summed E-state index contributed by atoms with van der Waals surface area (Å²) in [6.45, 7) is 7.04. The molecule has 116 valence electrons. The van der Waals surface area contributed by atoms with Crippen LogP contribution in [-0.2, 0) is 4.74 Å². The van der Waals surface area contributed by atoms with E-state index in [4.69, 9.17) is 10.5 Å². The quantitative estimate of drug-likeness (QED) is 0.822. The lowest BCUT2D eigenvalue weighted by Gasteiger charge is -2.35. The van der Waals surface area contributed by atoms with E-state index < -0.39 is 5.60 Å². The molecule has 1 heterocycles. The zero-order valence-corrected chi connectivity index (χ0v) is 13.1. The van der Waals surface area contributed by atoms with Crippen molar-refractivity contribution >= 4 is 17.5 Å². The van der Waals surface area contributed by atoms with Gasteiger partial charge < -0.3 is 20.7 Å². The summed E-state index contributed by atoms with van der Waals surface area (Å²) in [5.41, 5.74) is 7.14. The van der Waals surface area contributed by atoms with Gasteiger partial charge in [-0.05, 0) is 45.7 Å². The molecule has 1 atom stereocenters. The van der Waals surface area contributed by atoms with Gasteiger partial charge in [0.05, 0.1) is 11.4 Å². The number of nitrogens with one attached hydrogen (secondary N) is 1. The third-order valence-corrected chi connectivity index (χ3v) is 3.39. The van der Waals surface area contributed by atoms with Crippen molar-refractivity contribution < 1.29 is 9.53 Å². The Bertz CT molecular complexity index is 497. The Labute approximate surface area is 126 Å². The summed E-state index contributed by atoms with van der Waals surface area (Å²) < 4.78 is 5.43. The molecular weight excluding hydrogens is 266 g/mol. The molecule has 0 spiro atoms. The molecule has 0 aliphatic carbocycles. The van der Waals surface area contributed by atoms with Crippen LogP contribution in [0.25, 0.3) is 0 Å². The lowest BCUT2D eigenvalue weighted by Crippen LogP contribution is -2.47. The number of rotatable bonds is 2. The van der Waals surface area contributed by atoms with Crippen LogP contribution in [0.1, 0.15) is 33.6 Å². The number of likely N-dealkylation sites (tertiary alicyclic amines) is 1. The lowest BCUT2D eigenvalue weighted by atomic mass is 10.1. The number of nitrogen functional groups attached to an aromatic ring is 1. The molecule has 0 radical (unpaired) electrons. The molecule has 0 unspecified atom stereocenters. The second-order valence-corrected chi connectivity index (χ2v) is 6.50. The van der Waals surface area contributed by atoms with Crippen molar-refractivity contribution in [2.24, 2.45) is 0 Å². The Balaban J connectivity index is 1.95. The predicted octanol–water partition coefficient (Wildman–Crippen LogP) is 3.08. The van der Waals surface area contributed by atoms with Crippen LogP contribution >= 0.6 is 0 Å². The van der Waals surface area contributed by atoms with E-state index in [1.54, 1.807) is 4.90 Å². The first kappa shape index (κ1) is 15.5. The molecule has 1 fully saturated rings. The fraction of sp³-hybridized carbons (Fsp3) is 0.562. The highest BCUT2D eigenvalue weighted by atomic mass is 16.6. The summed E-state index contributed by atoms with van der Waals surface area (Å²) in [7, 11) is 0. The van der Waals surface area contributed by atoms with Crippen LogP contribution in [0.4, 0.5) is 16.2 Å². The molecule has 0 saturated carbocycles. The Hall–Kier alpha value is -1.91. The molecule has 5 heteroatoms. The average Bonchev–Trinajstić information content (AvgIpc) is 2.40. The van der Waals surface area contributed by atoms with E-state index in [1.165, 1.54) is 0 Å². The topological polar surface area (TPSA) is 67.6 Å². The molecule has 1 aliphatic rings. The van der Waals surface area contributed by atoms with E-state index >= 15 is 0 Å². The standard InChI is InChI=1S/C16H25N3O2/c1-16(2,3)21-15(20)19-10-6-7-12(11-19)18-14-9-5-4-8-13(14)17/h4-5,8-9,12,18H,6-7,10-11,17H2,1-3H3/t12-/m0/s1. The average molecular weight is 291 g/mol. The monoisotopic (exact) mass is 291 g/mol. The van der Waals surface area contributed by atoms with Crippen molar-refractivity contribution in [3.05, 3.63) is 24.3 Å². The van der Waals surface area contributed by atoms with Crippen LogP contribution in [0.2, 0.25) is 0 Å². The first-order chi connectivity index (χ1) is 9.85. The number of nitrogens with two attached hydrogens (primary N) is 1. The summed E-state index contributed by atoms with van der Waals surface area (Å²) in [6.07, 6.45) is 1.74. The second kappa shape index (κ2) is 6.24. The van der Waals surface area contributed by atoms with Gasteiger partial charge in [0.1, 0.15) is 5.60 Å². The van der Waals surface area contributed by atoms with Gasteiger partial charge in [-0.15, -0.1) is 0 Å². The summed E-state index contributed by atoms with van der Waals surface area (Å²) in [5, 5.41) is 3.42. The van der Waals surface area contributed by atoms with Gasteiger partial charge in [0, 0.05) is 19.1 Å². The second-order valence-electron chi connectivity index (χ2n) is 6.50. The fourth-order valence-corrected chi connectivity index (χ4v) is 2.44. The van der Waals surface area contributed by atoms with Crippen LogP contribution < -0.4 is 11.1 Å². The number of para-hydroxylation sites is 2. The molecule has 1 aromatic rings. The number of ether oxygens (including phenoxy) is 1. The number of amides is 1. The minimum absolute atomic E-state index is 0.205. The SMILES string of the molecule is CC(C)(C)OC(=O)N1CCC[C@H](Nc2ccccc2N)C1. The van der Waals surface area contributed by atoms with Crippen molar-refractivity contribution in [3.8, 4) is 0 Å². The van der Waals surface area contributed by atoms with Gasteiger partial charge in [-0.25, -0.2) is 4.79 Å². The van der Waals surface area contributed by atoms with Crippen LogP contribution in [0, 0.1) is 0 Å². The first-order valence-electron chi connectivity index (χ1n) is 7.44. The maximum absolute atomic E-state index is 12.1. The molecule has 21 heavy (non-hydrogen) atoms. The van der Waals surface area contributed by atoms with Crippen molar-refractivity contribution in [2.75, 3.05) is 24.1 Å². The van der Waals surface area contributed by atoms with Crippen LogP contribution in [0.5, 0.6) is 0 Å². The predicted molar refractivity (Wildman–Crippen MR) is 85.3 cm³/mol. The van der Waals surface area contributed by atoms with Crippen LogP contribution in [-0.4, -0.2) is 35.7 Å². The first-order valence-corrected chi connectivity index (χ1v) is 7.44. The largest absolute Gasteiger partial charge is 0.444 e. The van der Waals surface area contributed by atoms with Crippen LogP contribution in [0.3, 0.4) is 0 Å². The molecular formula is C16H25N3O2. The van der Waals surface area contributed by atoms with Crippen molar-refractivity contribution in [1.82, 2.24) is 4.90 Å².